The number of rotatable bonds is 3. The van der Waals surface area contributed by atoms with Crippen LogP contribution in [0.3, 0.4) is 0 Å². The molecule has 162 valence electrons. The van der Waals surface area contributed by atoms with Gasteiger partial charge in [-0.3, -0.25) is 4.79 Å². The zero-order valence-electron chi connectivity index (χ0n) is 16.8. The van der Waals surface area contributed by atoms with Gasteiger partial charge < -0.3 is 4.74 Å². The predicted octanol–water partition coefficient (Wildman–Crippen LogP) is 5.40. The number of anilines is 1. The molecule has 0 saturated carbocycles. The van der Waals surface area contributed by atoms with Crippen molar-refractivity contribution in [2.75, 3.05) is 12.1 Å². The van der Waals surface area contributed by atoms with Crippen LogP contribution < -0.4 is 9.75 Å². The summed E-state index contributed by atoms with van der Waals surface area (Å²) in [4.78, 5) is 17.3. The molecule has 2 aromatic rings. The maximum atomic E-state index is 13.7. The number of nitrogens with zero attached hydrogens (tertiary/aromatic N) is 3. The Hall–Kier alpha value is -2.87. The lowest BCUT2D eigenvalue weighted by Gasteiger charge is -2.37. The average molecular weight is 450 g/mol. The van der Waals surface area contributed by atoms with Gasteiger partial charge in [-0.05, 0) is 55.7 Å². The highest BCUT2D eigenvalue weighted by Gasteiger charge is 2.44. The van der Waals surface area contributed by atoms with Gasteiger partial charge in [-0.1, -0.05) is 23.8 Å². The second-order valence-corrected chi connectivity index (χ2v) is 7.87. The van der Waals surface area contributed by atoms with Crippen LogP contribution in [0, 0.1) is 18.8 Å². The molecular formula is C22H19ClF3N3O2. The molecule has 9 heteroatoms. The van der Waals surface area contributed by atoms with E-state index in [0.29, 0.717) is 40.6 Å². The minimum absolute atomic E-state index is 0.266. The maximum Gasteiger partial charge on any atom is 0.420 e. The number of amides is 1. The van der Waals surface area contributed by atoms with E-state index in [4.69, 9.17) is 16.3 Å². The van der Waals surface area contributed by atoms with Crippen molar-refractivity contribution in [1.82, 2.24) is 4.98 Å². The van der Waals surface area contributed by atoms with E-state index >= 15 is 0 Å². The molecule has 2 heterocycles. The number of ether oxygens (including phenoxy) is 1. The summed E-state index contributed by atoms with van der Waals surface area (Å²) in [6.45, 7) is 1.57. The van der Waals surface area contributed by atoms with Crippen LogP contribution in [-0.4, -0.2) is 23.7 Å². The van der Waals surface area contributed by atoms with Crippen LogP contribution in [0.1, 0.15) is 29.7 Å². The van der Waals surface area contributed by atoms with Crippen LogP contribution in [0.25, 0.3) is 0 Å². The molecular weight excluding hydrogens is 431 g/mol. The summed E-state index contributed by atoms with van der Waals surface area (Å²) in [5, 5.41) is 5.56. The van der Waals surface area contributed by atoms with Gasteiger partial charge >= 0.3 is 6.18 Å². The monoisotopic (exact) mass is 449 g/mol. The van der Waals surface area contributed by atoms with Gasteiger partial charge in [0, 0.05) is 11.6 Å². The molecule has 0 radical (unpaired) electrons. The Morgan fingerprint density at radius 2 is 1.84 bits per heavy atom. The minimum atomic E-state index is -4.68. The van der Waals surface area contributed by atoms with Gasteiger partial charge in [0.1, 0.15) is 11.3 Å². The molecule has 2 atom stereocenters. The number of carbonyl (C=O) groups is 1. The van der Waals surface area contributed by atoms with Gasteiger partial charge in [0.25, 0.3) is 5.91 Å². The molecule has 0 unspecified atom stereocenters. The zero-order valence-corrected chi connectivity index (χ0v) is 17.5. The summed E-state index contributed by atoms with van der Waals surface area (Å²) in [5.41, 5.74) is 0.461. The highest BCUT2D eigenvalue weighted by molar-refractivity contribution is 6.32. The summed E-state index contributed by atoms with van der Waals surface area (Å²) in [5.74, 6) is -1.35. The Morgan fingerprint density at radius 1 is 1.13 bits per heavy atom. The number of aryl methyl sites for hydroxylation is 1. The fraction of sp³-hybridized carbons (Fsp3) is 0.318. The van der Waals surface area contributed by atoms with Crippen LogP contribution in [-0.2, 0) is 11.0 Å². The number of fused-ring (bicyclic) bond motifs is 1. The molecule has 0 fully saturated rings. The number of halogens is 4. The molecule has 1 aromatic carbocycles. The third kappa shape index (κ3) is 3.92. The molecule has 1 amide bonds. The minimum Gasteiger partial charge on any atom is -0.495 e. The standard InChI is InChI=1S/C22H19ClF3N3O2/c1-12-7-9-16(22(24,25)26)20(27-12)29-21(30)15-6-4-3-5-14(15)19(28-29)13-8-10-18(31-2)17(23)11-13/h3-4,7-11,14-15H,5-6H2,1-2H3/t14-,15+/m1/s1. The number of hydrogen-bond donors (Lipinski definition) is 0. The van der Waals surface area contributed by atoms with E-state index < -0.39 is 29.4 Å². The quantitative estimate of drug-likeness (QED) is 0.589. The first kappa shape index (κ1) is 21.4. The number of aromatic nitrogens is 1. The van der Waals surface area contributed by atoms with E-state index in [0.717, 1.165) is 11.1 Å². The molecule has 4 rings (SSSR count). The fourth-order valence-corrected chi connectivity index (χ4v) is 4.21. The molecule has 1 aromatic heterocycles. The molecule has 2 aliphatic rings. The normalized spacial score (nSPS) is 21.0. The van der Waals surface area contributed by atoms with E-state index in [-0.39, 0.29) is 5.92 Å². The van der Waals surface area contributed by atoms with Crippen molar-refractivity contribution in [2.45, 2.75) is 25.9 Å². The topological polar surface area (TPSA) is 54.8 Å². The first-order valence-electron chi connectivity index (χ1n) is 9.67. The summed E-state index contributed by atoms with van der Waals surface area (Å²) >= 11 is 6.28. The van der Waals surface area contributed by atoms with E-state index in [1.165, 1.54) is 13.2 Å². The second kappa shape index (κ2) is 8.00. The van der Waals surface area contributed by atoms with Crippen molar-refractivity contribution in [2.24, 2.45) is 16.9 Å². The summed E-state index contributed by atoms with van der Waals surface area (Å²) in [6, 6.07) is 7.25. The number of pyridine rings is 1. The average Bonchev–Trinajstić information content (AvgIpc) is 2.73. The van der Waals surface area contributed by atoms with E-state index in [9.17, 15) is 18.0 Å². The number of carbonyl (C=O) groups excluding carboxylic acids is 1. The third-order valence-corrected chi connectivity index (χ3v) is 5.78. The summed E-state index contributed by atoms with van der Waals surface area (Å²) in [6.07, 6.45) is 0.112. The van der Waals surface area contributed by atoms with Gasteiger partial charge in [-0.15, -0.1) is 0 Å². The van der Waals surface area contributed by atoms with Crippen molar-refractivity contribution in [1.29, 1.82) is 0 Å². The van der Waals surface area contributed by atoms with Crippen LogP contribution in [0.4, 0.5) is 19.0 Å². The van der Waals surface area contributed by atoms with Gasteiger partial charge in [0.05, 0.1) is 23.8 Å². The lowest BCUT2D eigenvalue weighted by Crippen LogP contribution is -2.46. The Kier molecular flexibility index (Phi) is 5.51. The van der Waals surface area contributed by atoms with Gasteiger partial charge in [0.2, 0.25) is 0 Å². The lowest BCUT2D eigenvalue weighted by atomic mass is 9.76. The largest absolute Gasteiger partial charge is 0.495 e. The second-order valence-electron chi connectivity index (χ2n) is 7.46. The molecule has 31 heavy (non-hydrogen) atoms. The maximum absolute atomic E-state index is 13.7. The van der Waals surface area contributed by atoms with Crippen LogP contribution >= 0.6 is 11.6 Å². The highest BCUT2D eigenvalue weighted by atomic mass is 35.5. The van der Waals surface area contributed by atoms with Gasteiger partial charge in [0.15, 0.2) is 5.82 Å². The summed E-state index contributed by atoms with van der Waals surface area (Å²) in [7, 11) is 1.49. The molecule has 0 N–H and O–H groups in total. The Labute approximate surface area is 182 Å². The third-order valence-electron chi connectivity index (χ3n) is 5.49. The number of alkyl halides is 3. The van der Waals surface area contributed by atoms with Crippen molar-refractivity contribution in [3.05, 3.63) is 64.3 Å². The number of hydrogen-bond acceptors (Lipinski definition) is 4. The Balaban J connectivity index is 1.90. The number of methoxy groups -OCH3 is 1. The first-order chi connectivity index (χ1) is 14.7. The van der Waals surface area contributed by atoms with Crippen LogP contribution in [0.2, 0.25) is 5.02 Å². The van der Waals surface area contributed by atoms with E-state index in [1.54, 1.807) is 25.1 Å². The van der Waals surface area contributed by atoms with E-state index in [1.807, 2.05) is 12.2 Å². The lowest BCUT2D eigenvalue weighted by molar-refractivity contribution is -0.137. The molecule has 1 aliphatic heterocycles. The molecule has 0 saturated heterocycles. The molecule has 5 nitrogen and oxygen atoms in total. The number of benzene rings is 1. The Bertz CT molecular complexity index is 1100. The molecule has 0 bridgehead atoms. The van der Waals surface area contributed by atoms with E-state index in [2.05, 4.69) is 10.1 Å². The fourth-order valence-electron chi connectivity index (χ4n) is 3.95. The van der Waals surface area contributed by atoms with Crippen molar-refractivity contribution in [3.63, 3.8) is 0 Å². The highest BCUT2D eigenvalue weighted by Crippen LogP contribution is 2.41. The molecule has 1 aliphatic carbocycles. The van der Waals surface area contributed by atoms with Crippen LogP contribution in [0.15, 0.2) is 47.6 Å². The van der Waals surface area contributed by atoms with Crippen LogP contribution in [0.5, 0.6) is 5.75 Å². The molecule has 0 spiro atoms. The first-order valence-corrected chi connectivity index (χ1v) is 10.0. The number of allylic oxidation sites excluding steroid dienone is 2. The smallest absolute Gasteiger partial charge is 0.420 e. The van der Waals surface area contributed by atoms with Gasteiger partial charge in [-0.2, -0.15) is 23.3 Å². The number of hydrazone groups is 1. The van der Waals surface area contributed by atoms with Crippen molar-refractivity contribution >= 4 is 29.0 Å². The van der Waals surface area contributed by atoms with Crippen molar-refractivity contribution < 1.29 is 22.7 Å². The zero-order chi connectivity index (χ0) is 22.3. The predicted molar refractivity (Wildman–Crippen MR) is 111 cm³/mol. The van der Waals surface area contributed by atoms with Crippen molar-refractivity contribution in [3.8, 4) is 5.75 Å². The SMILES string of the molecule is COc1ccc(C2=NN(c3nc(C)ccc3C(F)(F)F)C(=O)[C@H]3CC=CC[C@@H]23)cc1Cl. The summed E-state index contributed by atoms with van der Waals surface area (Å²) < 4.78 is 46.2. The van der Waals surface area contributed by atoms with Gasteiger partial charge in [-0.25, -0.2) is 4.98 Å². The Morgan fingerprint density at radius 3 is 2.48 bits per heavy atom.